The average molecular weight is 468 g/mol. The second-order valence-corrected chi connectivity index (χ2v) is 8.80. The molecular weight excluding hydrogens is 449 g/mol. The molecule has 0 fully saturated rings. The zero-order valence-electron chi connectivity index (χ0n) is 16.1. The Kier molecular flexibility index (Phi) is 8.19. The van der Waals surface area contributed by atoms with Gasteiger partial charge in [0, 0.05) is 24.9 Å². The SMILES string of the molecule is CNCc1cn(S(=O)(=O)c2cccs2)c(-c2ccccc2F)n1.O=C(O)/C=C/C(=O)O. The van der Waals surface area contributed by atoms with Crippen molar-refractivity contribution in [1.82, 2.24) is 14.3 Å². The average Bonchev–Trinajstić information content (AvgIpc) is 3.38. The molecule has 31 heavy (non-hydrogen) atoms. The van der Waals surface area contributed by atoms with E-state index >= 15 is 0 Å². The van der Waals surface area contributed by atoms with E-state index in [2.05, 4.69) is 10.3 Å². The number of carboxylic acid groups (broad SMARTS) is 2. The lowest BCUT2D eigenvalue weighted by atomic mass is 10.2. The molecule has 3 aromatic rings. The van der Waals surface area contributed by atoms with Crippen molar-refractivity contribution in [2.24, 2.45) is 0 Å². The molecule has 9 nitrogen and oxygen atoms in total. The van der Waals surface area contributed by atoms with Gasteiger partial charge < -0.3 is 15.5 Å². The van der Waals surface area contributed by atoms with Gasteiger partial charge in [-0.1, -0.05) is 18.2 Å². The van der Waals surface area contributed by atoms with Crippen LogP contribution >= 0.6 is 11.3 Å². The largest absolute Gasteiger partial charge is 0.478 e. The van der Waals surface area contributed by atoms with E-state index in [9.17, 15) is 22.4 Å². The molecule has 3 rings (SSSR count). The number of carboxylic acids is 2. The van der Waals surface area contributed by atoms with E-state index in [0.717, 1.165) is 15.3 Å². The van der Waals surface area contributed by atoms with Gasteiger partial charge in [0.05, 0.1) is 11.3 Å². The Balaban J connectivity index is 0.000000366. The molecule has 0 saturated carbocycles. The maximum absolute atomic E-state index is 14.1. The predicted octanol–water partition coefficient (Wildman–Crippen LogP) is 2.42. The van der Waals surface area contributed by atoms with E-state index in [4.69, 9.17) is 10.2 Å². The summed E-state index contributed by atoms with van der Waals surface area (Å²) in [5.74, 6) is -2.96. The number of carbonyl (C=O) groups is 2. The second-order valence-electron chi connectivity index (χ2n) is 5.81. The predicted molar refractivity (Wildman–Crippen MR) is 112 cm³/mol. The van der Waals surface area contributed by atoms with Crippen LogP contribution in [-0.4, -0.2) is 46.6 Å². The minimum Gasteiger partial charge on any atom is -0.478 e. The summed E-state index contributed by atoms with van der Waals surface area (Å²) in [5.41, 5.74) is 0.667. The summed E-state index contributed by atoms with van der Waals surface area (Å²) in [5, 5.41) is 20.2. The van der Waals surface area contributed by atoms with Gasteiger partial charge in [-0.3, -0.25) is 0 Å². The number of nitrogens with one attached hydrogen (secondary N) is 1. The molecule has 2 aromatic heterocycles. The third kappa shape index (κ3) is 6.31. The molecule has 12 heteroatoms. The zero-order chi connectivity index (χ0) is 23.0. The Morgan fingerprint density at radius 1 is 1.16 bits per heavy atom. The molecule has 0 unspecified atom stereocenters. The van der Waals surface area contributed by atoms with Gasteiger partial charge in [0.25, 0.3) is 10.0 Å². The van der Waals surface area contributed by atoms with Crippen LogP contribution in [0.1, 0.15) is 5.69 Å². The van der Waals surface area contributed by atoms with Crippen LogP contribution in [0.3, 0.4) is 0 Å². The molecular formula is C19H18FN3O6S2. The quantitative estimate of drug-likeness (QED) is 0.450. The minimum atomic E-state index is -3.81. The molecule has 3 N–H and O–H groups in total. The van der Waals surface area contributed by atoms with E-state index in [1.165, 1.54) is 24.4 Å². The number of hydrogen-bond acceptors (Lipinski definition) is 7. The van der Waals surface area contributed by atoms with Crippen molar-refractivity contribution in [2.45, 2.75) is 10.8 Å². The number of rotatable bonds is 7. The number of aromatic nitrogens is 2. The normalized spacial score (nSPS) is 11.2. The van der Waals surface area contributed by atoms with E-state index < -0.39 is 27.8 Å². The van der Waals surface area contributed by atoms with Crippen LogP contribution in [0.4, 0.5) is 4.39 Å². The van der Waals surface area contributed by atoms with Crippen LogP contribution in [0.25, 0.3) is 11.4 Å². The van der Waals surface area contributed by atoms with Crippen molar-refractivity contribution in [3.63, 3.8) is 0 Å². The van der Waals surface area contributed by atoms with Crippen molar-refractivity contribution >= 4 is 33.3 Å². The van der Waals surface area contributed by atoms with Crippen molar-refractivity contribution in [3.8, 4) is 11.4 Å². The van der Waals surface area contributed by atoms with Gasteiger partial charge in [0.1, 0.15) is 10.0 Å². The van der Waals surface area contributed by atoms with Gasteiger partial charge in [-0.25, -0.2) is 22.9 Å². The number of aliphatic carboxylic acids is 2. The molecule has 1 aromatic carbocycles. The van der Waals surface area contributed by atoms with Gasteiger partial charge in [-0.2, -0.15) is 8.42 Å². The van der Waals surface area contributed by atoms with Gasteiger partial charge in [0.2, 0.25) is 0 Å². The fourth-order valence-electron chi connectivity index (χ4n) is 2.33. The van der Waals surface area contributed by atoms with Crippen molar-refractivity contribution < 1.29 is 32.6 Å². The lowest BCUT2D eigenvalue weighted by Gasteiger charge is -2.08. The summed E-state index contributed by atoms with van der Waals surface area (Å²) in [7, 11) is -2.08. The third-order valence-electron chi connectivity index (χ3n) is 3.57. The lowest BCUT2D eigenvalue weighted by Crippen LogP contribution is -2.12. The first-order chi connectivity index (χ1) is 14.7. The van der Waals surface area contributed by atoms with Crippen LogP contribution in [0.5, 0.6) is 0 Å². The fourth-order valence-corrected chi connectivity index (χ4v) is 4.75. The molecule has 0 atom stereocenters. The number of imidazole rings is 1. The van der Waals surface area contributed by atoms with E-state index in [-0.39, 0.29) is 15.6 Å². The van der Waals surface area contributed by atoms with Gasteiger partial charge in [-0.15, -0.1) is 11.3 Å². The molecule has 0 saturated heterocycles. The molecule has 0 aliphatic heterocycles. The summed E-state index contributed by atoms with van der Waals surface area (Å²) < 4.78 is 41.0. The highest BCUT2D eigenvalue weighted by molar-refractivity contribution is 7.92. The molecule has 164 valence electrons. The molecule has 0 amide bonds. The Morgan fingerprint density at radius 3 is 2.32 bits per heavy atom. The third-order valence-corrected chi connectivity index (χ3v) is 6.60. The van der Waals surface area contributed by atoms with Crippen LogP contribution in [0, 0.1) is 5.82 Å². The van der Waals surface area contributed by atoms with Gasteiger partial charge in [0.15, 0.2) is 5.82 Å². The smallest absolute Gasteiger partial charge is 0.328 e. The number of hydrogen-bond donors (Lipinski definition) is 3. The van der Waals surface area contributed by atoms with Crippen molar-refractivity contribution in [2.75, 3.05) is 7.05 Å². The van der Waals surface area contributed by atoms with Crippen molar-refractivity contribution in [3.05, 3.63) is 71.6 Å². The monoisotopic (exact) mass is 467 g/mol. The molecule has 0 bridgehead atoms. The Labute approximate surface area is 181 Å². The molecule has 2 heterocycles. The highest BCUT2D eigenvalue weighted by Gasteiger charge is 2.25. The van der Waals surface area contributed by atoms with E-state index in [0.29, 0.717) is 24.4 Å². The van der Waals surface area contributed by atoms with Gasteiger partial charge >= 0.3 is 11.9 Å². The highest BCUT2D eigenvalue weighted by atomic mass is 32.2. The zero-order valence-corrected chi connectivity index (χ0v) is 17.7. The standard InChI is InChI=1S/C15H14FN3O2S2.C4H4O4/c1-17-9-11-10-19(23(20,21)14-7-4-8-22-14)15(18-11)12-5-2-3-6-13(12)16;5-3(6)1-2-4(7)8/h2-8,10,17H,9H2,1H3;1-2H,(H,5,6)(H,7,8)/b;2-1+. The Bertz CT molecular complexity index is 1170. The number of benzene rings is 1. The summed E-state index contributed by atoms with van der Waals surface area (Å²) >= 11 is 1.11. The lowest BCUT2D eigenvalue weighted by molar-refractivity contribution is -0.134. The van der Waals surface area contributed by atoms with Crippen LogP contribution < -0.4 is 5.32 Å². The molecule has 0 radical (unpaired) electrons. The first kappa shape index (κ1) is 23.9. The molecule has 0 spiro atoms. The fraction of sp³-hybridized carbons (Fsp3) is 0.105. The maximum Gasteiger partial charge on any atom is 0.328 e. The topological polar surface area (TPSA) is 139 Å². The van der Waals surface area contributed by atoms with Gasteiger partial charge in [-0.05, 0) is 30.6 Å². The Morgan fingerprint density at radius 2 is 1.81 bits per heavy atom. The first-order valence-electron chi connectivity index (χ1n) is 8.57. The van der Waals surface area contributed by atoms with Crippen LogP contribution in [-0.2, 0) is 26.2 Å². The number of thiophene rings is 1. The number of nitrogens with zero attached hydrogens (tertiary/aromatic N) is 2. The second kappa shape index (κ2) is 10.6. The molecule has 0 aliphatic rings. The van der Waals surface area contributed by atoms with Crippen LogP contribution in [0.2, 0.25) is 0 Å². The summed E-state index contributed by atoms with van der Waals surface area (Å²) in [6, 6.07) is 9.17. The molecule has 0 aliphatic carbocycles. The Hall–Kier alpha value is -3.35. The summed E-state index contributed by atoms with van der Waals surface area (Å²) in [4.78, 5) is 23.4. The van der Waals surface area contributed by atoms with Crippen molar-refractivity contribution in [1.29, 1.82) is 0 Å². The minimum absolute atomic E-state index is 0.0711. The summed E-state index contributed by atoms with van der Waals surface area (Å²) in [6.07, 6.45) is 2.54. The number of halogens is 1. The highest BCUT2D eigenvalue weighted by Crippen LogP contribution is 2.28. The maximum atomic E-state index is 14.1. The van der Waals surface area contributed by atoms with E-state index in [1.807, 2.05) is 0 Å². The first-order valence-corrected chi connectivity index (χ1v) is 10.9. The van der Waals surface area contributed by atoms with Crippen LogP contribution in [0.15, 0.2) is 64.3 Å². The summed E-state index contributed by atoms with van der Waals surface area (Å²) in [6.45, 7) is 0.383. The van der Waals surface area contributed by atoms with E-state index in [1.54, 1.807) is 30.6 Å².